The lowest BCUT2D eigenvalue weighted by Crippen LogP contribution is -2.11. The Labute approximate surface area is 74.3 Å². The number of ether oxygens (including phenoxy) is 1. The predicted octanol–water partition coefficient (Wildman–Crippen LogP) is 3.13. The Balaban J connectivity index is -0.0000000300. The molecule has 2 heteroatoms. The van der Waals surface area contributed by atoms with Gasteiger partial charge in [-0.2, -0.15) is 0 Å². The molecule has 0 atom stereocenters. The molecule has 0 aromatic heterocycles. The highest BCUT2D eigenvalue weighted by Gasteiger charge is 1.76. The Morgan fingerprint density at radius 2 is 1.55 bits per heavy atom. The molecule has 0 saturated carbocycles. The molecule has 0 saturated heterocycles. The van der Waals surface area contributed by atoms with Gasteiger partial charge in [0.25, 0.3) is 0 Å². The van der Waals surface area contributed by atoms with Gasteiger partial charge in [0.15, 0.2) is 0 Å². The standard InChI is InChI=1S/C5H13NO.4CH4/c1-3-4-7-5-6-2;;;;/h6H,3-5H2,1-2H3;4*1H4. The fourth-order valence-corrected chi connectivity index (χ4v) is 0.319. The number of hydrogen-bond acceptors (Lipinski definition) is 2. The lowest BCUT2D eigenvalue weighted by atomic mass is 10.5. The molecule has 0 aromatic carbocycles. The monoisotopic (exact) mass is 167 g/mol. The average molecular weight is 167 g/mol. The van der Waals surface area contributed by atoms with Crippen molar-refractivity contribution in [3.8, 4) is 0 Å². The van der Waals surface area contributed by atoms with E-state index in [4.69, 9.17) is 4.74 Å². The molecule has 76 valence electrons. The van der Waals surface area contributed by atoms with E-state index in [1.807, 2.05) is 7.05 Å². The summed E-state index contributed by atoms with van der Waals surface area (Å²) in [5, 5.41) is 2.88. The second-order valence-electron chi connectivity index (χ2n) is 1.41. The van der Waals surface area contributed by atoms with Gasteiger partial charge in [0.05, 0.1) is 6.73 Å². The quantitative estimate of drug-likeness (QED) is 0.513. The van der Waals surface area contributed by atoms with Gasteiger partial charge in [-0.1, -0.05) is 36.6 Å². The van der Waals surface area contributed by atoms with Crippen LogP contribution in [0.1, 0.15) is 43.1 Å². The van der Waals surface area contributed by atoms with Gasteiger partial charge >= 0.3 is 0 Å². The third kappa shape index (κ3) is 40.5. The van der Waals surface area contributed by atoms with Gasteiger partial charge < -0.3 is 4.74 Å². The summed E-state index contributed by atoms with van der Waals surface area (Å²) in [5.74, 6) is 0. The third-order valence-electron chi connectivity index (χ3n) is 0.595. The van der Waals surface area contributed by atoms with Gasteiger partial charge in [0.2, 0.25) is 0 Å². The summed E-state index contributed by atoms with van der Waals surface area (Å²) in [6.45, 7) is 3.63. The molecule has 0 aliphatic rings. The molecule has 11 heavy (non-hydrogen) atoms. The van der Waals surface area contributed by atoms with Crippen LogP contribution in [0.4, 0.5) is 0 Å². The lowest BCUT2D eigenvalue weighted by molar-refractivity contribution is 0.122. The van der Waals surface area contributed by atoms with Gasteiger partial charge in [-0.25, -0.2) is 0 Å². The van der Waals surface area contributed by atoms with Crippen LogP contribution in [0.2, 0.25) is 0 Å². The minimum atomic E-state index is 0. The fraction of sp³-hybridized carbons (Fsp3) is 1.00. The van der Waals surface area contributed by atoms with Crippen LogP contribution in [-0.2, 0) is 4.74 Å². The summed E-state index contributed by atoms with van der Waals surface area (Å²) >= 11 is 0. The van der Waals surface area contributed by atoms with E-state index < -0.39 is 0 Å². The summed E-state index contributed by atoms with van der Waals surface area (Å²) in [6, 6.07) is 0. The molecule has 0 aliphatic heterocycles. The van der Waals surface area contributed by atoms with Gasteiger partial charge in [-0.15, -0.1) is 0 Å². The molecule has 1 N–H and O–H groups in total. The van der Waals surface area contributed by atoms with Crippen LogP contribution in [0.15, 0.2) is 0 Å². The maximum atomic E-state index is 5.02. The van der Waals surface area contributed by atoms with E-state index in [1.54, 1.807) is 0 Å². The second-order valence-corrected chi connectivity index (χ2v) is 1.41. The summed E-state index contributed by atoms with van der Waals surface area (Å²) in [6.07, 6.45) is 1.10. The average Bonchev–Trinajstić information content (AvgIpc) is 1.69. The molecular weight excluding hydrogens is 138 g/mol. The zero-order valence-electron chi connectivity index (χ0n) is 5.03. The zero-order valence-corrected chi connectivity index (χ0v) is 5.03. The minimum Gasteiger partial charge on any atom is -0.366 e. The Bertz CT molecular complexity index is 28.7. The number of rotatable bonds is 4. The topological polar surface area (TPSA) is 21.3 Å². The smallest absolute Gasteiger partial charge is 0.0962 e. The van der Waals surface area contributed by atoms with Crippen molar-refractivity contribution in [1.82, 2.24) is 5.32 Å². The molecule has 0 spiro atoms. The number of nitrogens with one attached hydrogen (secondary N) is 1. The van der Waals surface area contributed by atoms with Crippen molar-refractivity contribution in [3.63, 3.8) is 0 Å². The predicted molar refractivity (Wildman–Crippen MR) is 57.1 cm³/mol. The SMILES string of the molecule is C.C.C.C.CCCOCNC. The van der Waals surface area contributed by atoms with Gasteiger partial charge in [-0.05, 0) is 13.5 Å². The van der Waals surface area contributed by atoms with Crippen molar-refractivity contribution < 1.29 is 4.74 Å². The second kappa shape index (κ2) is 32.6. The Morgan fingerprint density at radius 1 is 1.09 bits per heavy atom. The van der Waals surface area contributed by atoms with Crippen molar-refractivity contribution in [2.45, 2.75) is 43.1 Å². The molecule has 0 bridgehead atoms. The third-order valence-corrected chi connectivity index (χ3v) is 0.595. The van der Waals surface area contributed by atoms with E-state index in [0.29, 0.717) is 6.73 Å². The van der Waals surface area contributed by atoms with E-state index in [9.17, 15) is 0 Å². The summed E-state index contributed by atoms with van der Waals surface area (Å²) in [4.78, 5) is 0. The van der Waals surface area contributed by atoms with Crippen LogP contribution in [-0.4, -0.2) is 20.4 Å². The highest BCUT2D eigenvalue weighted by atomic mass is 16.5. The van der Waals surface area contributed by atoms with E-state index in [1.165, 1.54) is 0 Å². The van der Waals surface area contributed by atoms with Crippen molar-refractivity contribution in [3.05, 3.63) is 0 Å². The van der Waals surface area contributed by atoms with Crippen LogP contribution in [0, 0.1) is 0 Å². The van der Waals surface area contributed by atoms with Crippen LogP contribution in [0.25, 0.3) is 0 Å². The number of hydrogen-bond donors (Lipinski definition) is 1. The Hall–Kier alpha value is -0.0800. The fourth-order valence-electron chi connectivity index (χ4n) is 0.319. The minimum absolute atomic E-state index is 0. The molecule has 0 aromatic rings. The maximum Gasteiger partial charge on any atom is 0.0962 e. The molecule has 0 rings (SSSR count). The summed E-state index contributed by atoms with van der Waals surface area (Å²) < 4.78 is 5.02. The first kappa shape index (κ1) is 30.7. The van der Waals surface area contributed by atoms with Crippen molar-refractivity contribution in [1.29, 1.82) is 0 Å². The molecule has 0 heterocycles. The lowest BCUT2D eigenvalue weighted by Gasteiger charge is -1.97. The molecule has 0 amide bonds. The van der Waals surface area contributed by atoms with Crippen molar-refractivity contribution in [2.75, 3.05) is 20.4 Å². The molecular formula is C9H29NO. The molecule has 0 unspecified atom stereocenters. The van der Waals surface area contributed by atoms with Crippen LogP contribution in [0.5, 0.6) is 0 Å². The van der Waals surface area contributed by atoms with E-state index >= 15 is 0 Å². The van der Waals surface area contributed by atoms with Crippen molar-refractivity contribution >= 4 is 0 Å². The van der Waals surface area contributed by atoms with E-state index in [-0.39, 0.29) is 29.7 Å². The molecule has 2 nitrogen and oxygen atoms in total. The Morgan fingerprint density at radius 3 is 1.82 bits per heavy atom. The van der Waals surface area contributed by atoms with E-state index in [2.05, 4.69) is 12.2 Å². The van der Waals surface area contributed by atoms with Gasteiger partial charge in [0.1, 0.15) is 0 Å². The van der Waals surface area contributed by atoms with Gasteiger partial charge in [0, 0.05) is 6.61 Å². The molecule has 0 aliphatic carbocycles. The van der Waals surface area contributed by atoms with Gasteiger partial charge in [-0.3, -0.25) is 5.32 Å². The highest BCUT2D eigenvalue weighted by molar-refractivity contribution is 4.22. The maximum absolute atomic E-state index is 5.02. The first-order chi connectivity index (χ1) is 3.41. The van der Waals surface area contributed by atoms with Crippen LogP contribution >= 0.6 is 0 Å². The normalized spacial score (nSPS) is 6.00. The Kier molecular flexibility index (Phi) is 90.9. The largest absolute Gasteiger partial charge is 0.366 e. The van der Waals surface area contributed by atoms with Crippen LogP contribution < -0.4 is 5.32 Å². The summed E-state index contributed by atoms with van der Waals surface area (Å²) in [5.41, 5.74) is 0. The van der Waals surface area contributed by atoms with Crippen LogP contribution in [0.3, 0.4) is 0 Å². The van der Waals surface area contributed by atoms with Crippen molar-refractivity contribution in [2.24, 2.45) is 0 Å². The van der Waals surface area contributed by atoms with E-state index in [0.717, 1.165) is 13.0 Å². The molecule has 0 fully saturated rings. The highest BCUT2D eigenvalue weighted by Crippen LogP contribution is 1.74. The zero-order chi connectivity index (χ0) is 5.54. The first-order valence-corrected chi connectivity index (χ1v) is 2.64. The summed E-state index contributed by atoms with van der Waals surface area (Å²) in [7, 11) is 1.87. The first-order valence-electron chi connectivity index (χ1n) is 2.64. The molecule has 0 radical (unpaired) electrons.